The Hall–Kier alpha value is -2.20. The van der Waals surface area contributed by atoms with Gasteiger partial charge in [0.1, 0.15) is 11.5 Å². The number of rotatable bonds is 3. The van der Waals surface area contributed by atoms with Crippen LogP contribution in [-0.2, 0) is 0 Å². The standard InChI is InChI=1S/C20H19ClFN3/c1-2-13-9-10-25(12-13)20-17-8-7-16(22)11-18(17)19(23-24-20)14-3-5-15(21)6-4-14/h3-8,11,13H,2,9-10,12H2,1H3. The lowest BCUT2D eigenvalue weighted by atomic mass is 10.0. The second-order valence-corrected chi connectivity index (χ2v) is 7.01. The number of aromatic nitrogens is 2. The van der Waals surface area contributed by atoms with Crippen LogP contribution < -0.4 is 4.90 Å². The van der Waals surface area contributed by atoms with E-state index in [0.29, 0.717) is 16.6 Å². The molecule has 0 aliphatic carbocycles. The summed E-state index contributed by atoms with van der Waals surface area (Å²) in [7, 11) is 0. The average Bonchev–Trinajstić information content (AvgIpc) is 3.10. The van der Waals surface area contributed by atoms with Gasteiger partial charge in [0.25, 0.3) is 0 Å². The van der Waals surface area contributed by atoms with Crippen LogP contribution in [0, 0.1) is 11.7 Å². The molecule has 0 radical (unpaired) electrons. The minimum absolute atomic E-state index is 0.269. The van der Waals surface area contributed by atoms with Gasteiger partial charge in [-0.1, -0.05) is 37.1 Å². The molecule has 1 fully saturated rings. The van der Waals surface area contributed by atoms with Crippen molar-refractivity contribution in [2.75, 3.05) is 18.0 Å². The molecule has 128 valence electrons. The van der Waals surface area contributed by atoms with Gasteiger partial charge in [-0.2, -0.15) is 0 Å². The maximum absolute atomic E-state index is 13.9. The summed E-state index contributed by atoms with van der Waals surface area (Å²) in [5.41, 5.74) is 1.56. The van der Waals surface area contributed by atoms with Gasteiger partial charge in [-0.25, -0.2) is 4.39 Å². The van der Waals surface area contributed by atoms with E-state index in [-0.39, 0.29) is 5.82 Å². The number of fused-ring (bicyclic) bond motifs is 1. The molecule has 2 aromatic carbocycles. The van der Waals surface area contributed by atoms with E-state index >= 15 is 0 Å². The molecule has 0 N–H and O–H groups in total. The minimum atomic E-state index is -0.269. The van der Waals surface area contributed by atoms with Gasteiger partial charge in [0, 0.05) is 34.4 Å². The van der Waals surface area contributed by atoms with Gasteiger partial charge in [0.15, 0.2) is 5.82 Å². The second-order valence-electron chi connectivity index (χ2n) is 6.58. The second kappa shape index (κ2) is 6.60. The van der Waals surface area contributed by atoms with Gasteiger partial charge in [-0.05, 0) is 42.7 Å². The smallest absolute Gasteiger partial charge is 0.159 e. The molecule has 4 rings (SSSR count). The highest BCUT2D eigenvalue weighted by Gasteiger charge is 2.24. The van der Waals surface area contributed by atoms with E-state index in [4.69, 9.17) is 11.6 Å². The lowest BCUT2D eigenvalue weighted by Crippen LogP contribution is -2.21. The van der Waals surface area contributed by atoms with Crippen molar-refractivity contribution < 1.29 is 4.39 Å². The molecule has 1 saturated heterocycles. The summed E-state index contributed by atoms with van der Waals surface area (Å²) in [5, 5.41) is 11.3. The topological polar surface area (TPSA) is 29.0 Å². The van der Waals surface area contributed by atoms with Crippen LogP contribution in [0.4, 0.5) is 10.2 Å². The Morgan fingerprint density at radius 1 is 1.12 bits per heavy atom. The molecule has 0 spiro atoms. The first-order chi connectivity index (χ1) is 12.2. The normalized spacial score (nSPS) is 17.4. The van der Waals surface area contributed by atoms with E-state index in [1.54, 1.807) is 6.07 Å². The molecule has 0 saturated carbocycles. The highest BCUT2D eigenvalue weighted by molar-refractivity contribution is 6.30. The maximum Gasteiger partial charge on any atom is 0.159 e. The van der Waals surface area contributed by atoms with E-state index in [1.807, 2.05) is 30.3 Å². The fourth-order valence-corrected chi connectivity index (χ4v) is 3.65. The van der Waals surface area contributed by atoms with Crippen molar-refractivity contribution in [3.8, 4) is 11.3 Å². The predicted octanol–water partition coefficient (Wildman–Crippen LogP) is 5.33. The Labute approximate surface area is 151 Å². The van der Waals surface area contributed by atoms with Crippen LogP contribution in [0.1, 0.15) is 19.8 Å². The Balaban J connectivity index is 1.85. The van der Waals surface area contributed by atoms with E-state index < -0.39 is 0 Å². The lowest BCUT2D eigenvalue weighted by Gasteiger charge is -2.19. The Morgan fingerprint density at radius 2 is 1.92 bits per heavy atom. The molecule has 1 aliphatic rings. The monoisotopic (exact) mass is 355 g/mol. The first-order valence-electron chi connectivity index (χ1n) is 8.62. The van der Waals surface area contributed by atoms with Crippen molar-refractivity contribution in [2.24, 2.45) is 5.92 Å². The van der Waals surface area contributed by atoms with E-state index in [0.717, 1.165) is 35.2 Å². The molecule has 1 atom stereocenters. The molecule has 1 unspecified atom stereocenters. The van der Waals surface area contributed by atoms with Crippen molar-refractivity contribution >= 4 is 28.2 Å². The number of benzene rings is 2. The van der Waals surface area contributed by atoms with Crippen LogP contribution in [0.15, 0.2) is 42.5 Å². The number of anilines is 1. The Kier molecular flexibility index (Phi) is 4.30. The van der Waals surface area contributed by atoms with Gasteiger partial charge in [-0.3, -0.25) is 0 Å². The molecule has 1 aromatic heterocycles. The molecule has 0 amide bonds. The highest BCUT2D eigenvalue weighted by Crippen LogP contribution is 2.34. The first kappa shape index (κ1) is 16.3. The first-order valence-corrected chi connectivity index (χ1v) is 9.00. The molecule has 3 aromatic rings. The SMILES string of the molecule is CCC1CCN(c2nnc(-c3ccc(Cl)cc3)c3cc(F)ccc23)C1. The zero-order valence-corrected chi connectivity index (χ0v) is 14.8. The predicted molar refractivity (Wildman–Crippen MR) is 101 cm³/mol. The zero-order chi connectivity index (χ0) is 17.4. The van der Waals surface area contributed by atoms with E-state index in [2.05, 4.69) is 22.0 Å². The zero-order valence-electron chi connectivity index (χ0n) is 14.0. The summed E-state index contributed by atoms with van der Waals surface area (Å²) in [5.74, 6) is 1.27. The number of halogens is 2. The third-order valence-corrected chi connectivity index (χ3v) is 5.25. The van der Waals surface area contributed by atoms with Gasteiger partial charge in [-0.15, -0.1) is 10.2 Å². The van der Waals surface area contributed by atoms with Crippen LogP contribution in [0.5, 0.6) is 0 Å². The highest BCUT2D eigenvalue weighted by atomic mass is 35.5. The number of hydrogen-bond donors (Lipinski definition) is 0. The van der Waals surface area contributed by atoms with Crippen molar-refractivity contribution in [2.45, 2.75) is 19.8 Å². The fraction of sp³-hybridized carbons (Fsp3) is 0.300. The van der Waals surface area contributed by atoms with Gasteiger partial charge in [0.2, 0.25) is 0 Å². The van der Waals surface area contributed by atoms with Crippen LogP contribution >= 0.6 is 11.6 Å². The maximum atomic E-state index is 13.9. The molecule has 3 nitrogen and oxygen atoms in total. The Morgan fingerprint density at radius 3 is 2.64 bits per heavy atom. The van der Waals surface area contributed by atoms with Crippen LogP contribution in [0.25, 0.3) is 22.0 Å². The molecular weight excluding hydrogens is 337 g/mol. The summed E-state index contributed by atoms with van der Waals surface area (Å²) in [4.78, 5) is 2.27. The van der Waals surface area contributed by atoms with Crippen LogP contribution in [0.2, 0.25) is 5.02 Å². The van der Waals surface area contributed by atoms with Crippen LogP contribution in [0.3, 0.4) is 0 Å². The van der Waals surface area contributed by atoms with E-state index in [9.17, 15) is 4.39 Å². The van der Waals surface area contributed by atoms with Crippen LogP contribution in [-0.4, -0.2) is 23.3 Å². The molecular formula is C20H19ClFN3. The third-order valence-electron chi connectivity index (χ3n) is 5.00. The van der Waals surface area contributed by atoms with Crippen molar-refractivity contribution in [1.29, 1.82) is 0 Å². The summed E-state index contributed by atoms with van der Waals surface area (Å²) >= 11 is 5.98. The molecule has 25 heavy (non-hydrogen) atoms. The number of hydrogen-bond acceptors (Lipinski definition) is 3. The summed E-state index contributed by atoms with van der Waals surface area (Å²) < 4.78 is 13.9. The quantitative estimate of drug-likeness (QED) is 0.636. The third kappa shape index (κ3) is 3.07. The fourth-order valence-electron chi connectivity index (χ4n) is 3.53. The van der Waals surface area contributed by atoms with Crippen molar-refractivity contribution in [3.05, 3.63) is 53.3 Å². The van der Waals surface area contributed by atoms with Gasteiger partial charge in [0.05, 0.1) is 0 Å². The molecule has 5 heteroatoms. The number of nitrogens with zero attached hydrogens (tertiary/aromatic N) is 3. The Bertz CT molecular complexity index is 911. The minimum Gasteiger partial charge on any atom is -0.354 e. The largest absolute Gasteiger partial charge is 0.354 e. The molecule has 0 bridgehead atoms. The molecule has 1 aliphatic heterocycles. The molecule has 2 heterocycles. The van der Waals surface area contributed by atoms with E-state index in [1.165, 1.54) is 18.9 Å². The van der Waals surface area contributed by atoms with Crippen molar-refractivity contribution in [3.63, 3.8) is 0 Å². The van der Waals surface area contributed by atoms with Crippen molar-refractivity contribution in [1.82, 2.24) is 10.2 Å². The summed E-state index contributed by atoms with van der Waals surface area (Å²) in [6.45, 7) is 4.18. The summed E-state index contributed by atoms with van der Waals surface area (Å²) in [6, 6.07) is 12.2. The lowest BCUT2D eigenvalue weighted by molar-refractivity contribution is 0.568. The van der Waals surface area contributed by atoms with Gasteiger partial charge >= 0.3 is 0 Å². The summed E-state index contributed by atoms with van der Waals surface area (Å²) in [6.07, 6.45) is 2.33. The van der Waals surface area contributed by atoms with Gasteiger partial charge < -0.3 is 4.90 Å². The average molecular weight is 356 g/mol.